The van der Waals surface area contributed by atoms with Crippen LogP contribution in [0.3, 0.4) is 0 Å². The van der Waals surface area contributed by atoms with Crippen molar-refractivity contribution in [3.8, 4) is 0 Å². The van der Waals surface area contributed by atoms with Gasteiger partial charge in [0, 0.05) is 23.8 Å². The van der Waals surface area contributed by atoms with Crippen molar-refractivity contribution in [3.63, 3.8) is 0 Å². The van der Waals surface area contributed by atoms with Crippen LogP contribution in [-0.2, 0) is 11.3 Å². The minimum absolute atomic E-state index is 0.210. The molecule has 1 heterocycles. The third kappa shape index (κ3) is 3.19. The van der Waals surface area contributed by atoms with Gasteiger partial charge in [-0.25, -0.2) is 4.79 Å². The minimum Gasteiger partial charge on any atom is -0.461 e. The lowest BCUT2D eigenvalue weighted by atomic mass is 10.2. The summed E-state index contributed by atoms with van der Waals surface area (Å²) in [5.74, 6) is -0.472. The Morgan fingerprint density at radius 2 is 2.26 bits per heavy atom. The number of anilines is 2. The quantitative estimate of drug-likeness (QED) is 0.641. The summed E-state index contributed by atoms with van der Waals surface area (Å²) in [4.78, 5) is 11.6. The molecule has 6 nitrogen and oxygen atoms in total. The highest BCUT2D eigenvalue weighted by Gasteiger charge is 2.17. The van der Waals surface area contributed by atoms with E-state index < -0.39 is 5.97 Å². The van der Waals surface area contributed by atoms with Gasteiger partial charge in [-0.15, -0.1) is 5.10 Å². The summed E-state index contributed by atoms with van der Waals surface area (Å²) in [5.41, 5.74) is 7.70. The van der Waals surface area contributed by atoms with Crippen LogP contribution in [-0.4, -0.2) is 22.2 Å². The van der Waals surface area contributed by atoms with Crippen LogP contribution in [0.5, 0.6) is 0 Å². The highest BCUT2D eigenvalue weighted by molar-refractivity contribution is 7.10. The number of carbonyl (C=O) groups is 1. The van der Waals surface area contributed by atoms with E-state index in [1.54, 1.807) is 6.92 Å². The number of nitrogens with two attached hydrogens (primary N) is 1. The lowest BCUT2D eigenvalue weighted by Crippen LogP contribution is -2.09. The second-order valence-corrected chi connectivity index (χ2v) is 4.48. The van der Waals surface area contributed by atoms with E-state index in [4.69, 9.17) is 10.5 Å². The van der Waals surface area contributed by atoms with Crippen molar-refractivity contribution < 1.29 is 9.53 Å². The number of benzene rings is 1. The lowest BCUT2D eigenvalue weighted by molar-refractivity contribution is 0.0520. The van der Waals surface area contributed by atoms with Crippen LogP contribution in [0.4, 0.5) is 10.7 Å². The third-order valence-electron chi connectivity index (χ3n) is 2.45. The van der Waals surface area contributed by atoms with Crippen molar-refractivity contribution in [2.24, 2.45) is 0 Å². The predicted molar refractivity (Wildman–Crippen MR) is 74.0 cm³/mol. The number of carbonyl (C=O) groups excluding carboxylic acids is 1. The topological polar surface area (TPSA) is 90.1 Å². The number of aromatic nitrogens is 2. The summed E-state index contributed by atoms with van der Waals surface area (Å²) in [6, 6.07) is 7.52. The summed E-state index contributed by atoms with van der Waals surface area (Å²) < 4.78 is 8.66. The van der Waals surface area contributed by atoms with Gasteiger partial charge in [-0.2, -0.15) is 0 Å². The van der Waals surface area contributed by atoms with Crippen molar-refractivity contribution in [2.75, 3.05) is 17.7 Å². The molecule has 0 aliphatic heterocycles. The van der Waals surface area contributed by atoms with Crippen LogP contribution in [0, 0.1) is 0 Å². The van der Waals surface area contributed by atoms with Crippen LogP contribution < -0.4 is 11.1 Å². The minimum atomic E-state index is -0.472. The van der Waals surface area contributed by atoms with E-state index in [1.165, 1.54) is 0 Å². The molecule has 19 heavy (non-hydrogen) atoms. The van der Waals surface area contributed by atoms with Crippen LogP contribution in [0.15, 0.2) is 24.3 Å². The molecule has 0 spiro atoms. The molecular weight excluding hydrogens is 264 g/mol. The summed E-state index contributed by atoms with van der Waals surface area (Å²) in [6.45, 7) is 2.56. The first-order valence-corrected chi connectivity index (χ1v) is 6.56. The van der Waals surface area contributed by atoms with E-state index in [0.29, 0.717) is 23.8 Å². The maximum absolute atomic E-state index is 11.6. The van der Waals surface area contributed by atoms with Crippen LogP contribution in [0.25, 0.3) is 0 Å². The zero-order valence-corrected chi connectivity index (χ0v) is 11.2. The fourth-order valence-corrected chi connectivity index (χ4v) is 2.06. The first-order valence-electron chi connectivity index (χ1n) is 5.79. The standard InChI is InChI=1S/C12H14N4O2S/c1-2-18-12(17)10-11(19-16-15-10)14-7-8-5-3-4-6-9(8)13/h3-6,14H,2,7,13H2,1H3. The summed E-state index contributed by atoms with van der Waals surface area (Å²) in [7, 11) is 0. The molecule has 0 atom stereocenters. The number of rotatable bonds is 5. The van der Waals surface area contributed by atoms with Gasteiger partial charge in [0.2, 0.25) is 5.69 Å². The van der Waals surface area contributed by atoms with Gasteiger partial charge in [0.15, 0.2) is 0 Å². The smallest absolute Gasteiger partial charge is 0.362 e. The fraction of sp³-hybridized carbons (Fsp3) is 0.250. The molecule has 0 saturated carbocycles. The molecule has 0 radical (unpaired) electrons. The van der Waals surface area contributed by atoms with Gasteiger partial charge in [-0.1, -0.05) is 22.7 Å². The number of hydrogen-bond donors (Lipinski definition) is 2. The number of para-hydroxylation sites is 1. The average molecular weight is 278 g/mol. The Balaban J connectivity index is 2.06. The zero-order chi connectivity index (χ0) is 13.7. The maximum Gasteiger partial charge on any atom is 0.362 e. The molecular formula is C12H14N4O2S. The Bertz CT molecular complexity index is 570. The highest BCUT2D eigenvalue weighted by atomic mass is 32.1. The summed E-state index contributed by atoms with van der Waals surface area (Å²) >= 11 is 1.11. The van der Waals surface area contributed by atoms with Crippen molar-refractivity contribution in [2.45, 2.75) is 13.5 Å². The number of nitrogens with one attached hydrogen (secondary N) is 1. The zero-order valence-electron chi connectivity index (χ0n) is 10.4. The maximum atomic E-state index is 11.6. The normalized spacial score (nSPS) is 10.2. The molecule has 0 unspecified atom stereocenters. The lowest BCUT2D eigenvalue weighted by Gasteiger charge is -2.07. The Labute approximate surface area is 114 Å². The molecule has 2 aromatic rings. The average Bonchev–Trinajstić information content (AvgIpc) is 2.86. The fourth-order valence-electron chi connectivity index (χ4n) is 1.51. The molecule has 0 saturated heterocycles. The van der Waals surface area contributed by atoms with E-state index in [2.05, 4.69) is 14.9 Å². The van der Waals surface area contributed by atoms with Crippen molar-refractivity contribution in [1.29, 1.82) is 0 Å². The Kier molecular flexibility index (Phi) is 4.30. The molecule has 0 aliphatic carbocycles. The molecule has 1 aromatic carbocycles. The number of nitrogens with zero attached hydrogens (tertiary/aromatic N) is 2. The Morgan fingerprint density at radius 3 is 3.00 bits per heavy atom. The van der Waals surface area contributed by atoms with Gasteiger partial charge in [-0.3, -0.25) is 0 Å². The van der Waals surface area contributed by atoms with Gasteiger partial charge in [-0.05, 0) is 18.6 Å². The first-order chi connectivity index (χ1) is 9.22. The molecule has 0 amide bonds. The van der Waals surface area contributed by atoms with E-state index in [1.807, 2.05) is 24.3 Å². The van der Waals surface area contributed by atoms with Gasteiger partial charge < -0.3 is 15.8 Å². The molecule has 2 rings (SSSR count). The summed E-state index contributed by atoms with van der Waals surface area (Å²) in [5, 5.41) is 7.46. The predicted octanol–water partition coefficient (Wildman–Crippen LogP) is 1.91. The van der Waals surface area contributed by atoms with Gasteiger partial charge in [0.05, 0.1) is 6.61 Å². The second kappa shape index (κ2) is 6.14. The van der Waals surface area contributed by atoms with E-state index >= 15 is 0 Å². The molecule has 0 fully saturated rings. The number of nitrogen functional groups attached to an aromatic ring is 1. The molecule has 3 N–H and O–H groups in total. The SMILES string of the molecule is CCOC(=O)c1nnsc1NCc1ccccc1N. The number of esters is 1. The Morgan fingerprint density at radius 1 is 1.47 bits per heavy atom. The van der Waals surface area contributed by atoms with Crippen molar-refractivity contribution in [3.05, 3.63) is 35.5 Å². The largest absolute Gasteiger partial charge is 0.461 e. The third-order valence-corrected chi connectivity index (χ3v) is 3.13. The monoisotopic (exact) mass is 278 g/mol. The molecule has 1 aromatic heterocycles. The molecule has 7 heteroatoms. The molecule has 0 bridgehead atoms. The first kappa shape index (κ1) is 13.3. The van der Waals surface area contributed by atoms with E-state index in [-0.39, 0.29) is 5.69 Å². The summed E-state index contributed by atoms with van der Waals surface area (Å²) in [6.07, 6.45) is 0. The van der Waals surface area contributed by atoms with Crippen LogP contribution in [0.2, 0.25) is 0 Å². The number of ether oxygens (including phenoxy) is 1. The molecule has 0 aliphatic rings. The van der Waals surface area contributed by atoms with Gasteiger partial charge in [0.1, 0.15) is 5.00 Å². The van der Waals surface area contributed by atoms with Gasteiger partial charge in [0.25, 0.3) is 0 Å². The van der Waals surface area contributed by atoms with Gasteiger partial charge >= 0.3 is 5.97 Å². The second-order valence-electron chi connectivity index (χ2n) is 3.72. The van der Waals surface area contributed by atoms with Crippen LogP contribution in [0.1, 0.15) is 23.0 Å². The Hall–Kier alpha value is -2.15. The molecule has 100 valence electrons. The highest BCUT2D eigenvalue weighted by Crippen LogP contribution is 2.20. The van der Waals surface area contributed by atoms with Crippen LogP contribution >= 0.6 is 11.5 Å². The van der Waals surface area contributed by atoms with E-state index in [0.717, 1.165) is 17.1 Å². The van der Waals surface area contributed by atoms with Crippen molar-refractivity contribution >= 4 is 28.2 Å². The van der Waals surface area contributed by atoms with E-state index in [9.17, 15) is 4.79 Å². The van der Waals surface area contributed by atoms with Crippen molar-refractivity contribution in [1.82, 2.24) is 9.59 Å². The number of hydrogen-bond acceptors (Lipinski definition) is 7.